The molecule has 1 fully saturated rings. The predicted octanol–water partition coefficient (Wildman–Crippen LogP) is 2.08. The van der Waals surface area contributed by atoms with Crippen LogP contribution in [0.3, 0.4) is 0 Å². The third kappa shape index (κ3) is 2.50. The van der Waals surface area contributed by atoms with E-state index in [4.69, 9.17) is 11.1 Å². The standard InChI is InChI=1S/C14H22N3/c1-3-12-4-6-13(7-5-12)11(2)10-17(8-9-17)14(15)16/h4-7,11H,3,8-10H2,1-2H3,(H3,15,16)/q+1. The van der Waals surface area contributed by atoms with Gasteiger partial charge in [-0.15, -0.1) is 0 Å². The normalized spacial score (nSPS) is 18.7. The molecular formula is C14H22N3+. The highest BCUT2D eigenvalue weighted by Crippen LogP contribution is 2.27. The lowest BCUT2D eigenvalue weighted by Gasteiger charge is -2.20. The van der Waals surface area contributed by atoms with Crippen molar-refractivity contribution in [1.29, 1.82) is 5.41 Å². The molecule has 0 bridgehead atoms. The van der Waals surface area contributed by atoms with Crippen LogP contribution < -0.4 is 5.73 Å². The number of nitrogens with one attached hydrogen (secondary N) is 1. The molecule has 3 heteroatoms. The summed E-state index contributed by atoms with van der Waals surface area (Å²) in [5.74, 6) is 0.786. The Morgan fingerprint density at radius 1 is 1.35 bits per heavy atom. The topological polar surface area (TPSA) is 49.9 Å². The van der Waals surface area contributed by atoms with Gasteiger partial charge in [0, 0.05) is 5.92 Å². The van der Waals surface area contributed by atoms with Gasteiger partial charge < -0.3 is 5.73 Å². The van der Waals surface area contributed by atoms with E-state index < -0.39 is 0 Å². The molecule has 1 saturated heterocycles. The van der Waals surface area contributed by atoms with E-state index in [0.717, 1.165) is 26.1 Å². The number of nitrogens with two attached hydrogens (primary N) is 1. The van der Waals surface area contributed by atoms with Crippen LogP contribution in [-0.4, -0.2) is 30.1 Å². The predicted molar refractivity (Wildman–Crippen MR) is 71.0 cm³/mol. The summed E-state index contributed by atoms with van der Waals surface area (Å²) in [6, 6.07) is 8.83. The monoisotopic (exact) mass is 232 g/mol. The molecule has 0 aromatic heterocycles. The summed E-state index contributed by atoms with van der Waals surface area (Å²) in [7, 11) is 0. The average molecular weight is 232 g/mol. The number of nitrogens with zero attached hydrogens (tertiary/aromatic N) is 1. The van der Waals surface area contributed by atoms with Crippen molar-refractivity contribution in [3.63, 3.8) is 0 Å². The van der Waals surface area contributed by atoms with Crippen molar-refractivity contribution in [3.8, 4) is 0 Å². The third-order valence-corrected chi connectivity index (χ3v) is 3.85. The molecule has 0 aliphatic carbocycles. The molecule has 2 rings (SSSR count). The fraction of sp³-hybridized carbons (Fsp3) is 0.500. The molecule has 0 radical (unpaired) electrons. The van der Waals surface area contributed by atoms with Gasteiger partial charge in [-0.3, -0.25) is 4.48 Å². The van der Waals surface area contributed by atoms with E-state index in [9.17, 15) is 0 Å². The van der Waals surface area contributed by atoms with Gasteiger partial charge in [0.25, 0.3) is 5.96 Å². The van der Waals surface area contributed by atoms with Crippen molar-refractivity contribution in [2.75, 3.05) is 19.6 Å². The molecule has 1 unspecified atom stereocenters. The van der Waals surface area contributed by atoms with Gasteiger partial charge in [-0.25, -0.2) is 5.41 Å². The number of quaternary nitrogens is 1. The average Bonchev–Trinajstić information content (AvgIpc) is 3.10. The van der Waals surface area contributed by atoms with Gasteiger partial charge in [-0.05, 0) is 17.5 Å². The first-order valence-corrected chi connectivity index (χ1v) is 6.37. The first-order chi connectivity index (χ1) is 8.07. The van der Waals surface area contributed by atoms with Crippen molar-refractivity contribution in [2.24, 2.45) is 5.73 Å². The number of rotatable bonds is 4. The van der Waals surface area contributed by atoms with Gasteiger partial charge >= 0.3 is 0 Å². The van der Waals surface area contributed by atoms with Crippen molar-refractivity contribution in [3.05, 3.63) is 35.4 Å². The number of hydrogen-bond acceptors (Lipinski definition) is 1. The van der Waals surface area contributed by atoms with Crippen LogP contribution in [0.1, 0.15) is 30.9 Å². The number of benzene rings is 1. The van der Waals surface area contributed by atoms with E-state index in [1.807, 2.05) is 0 Å². The zero-order chi connectivity index (χ0) is 12.5. The maximum absolute atomic E-state index is 7.63. The van der Waals surface area contributed by atoms with Crippen LogP contribution >= 0.6 is 0 Å². The second kappa shape index (κ2) is 4.49. The molecule has 0 amide bonds. The van der Waals surface area contributed by atoms with Gasteiger partial charge in [-0.1, -0.05) is 38.1 Å². The summed E-state index contributed by atoms with van der Waals surface area (Å²) in [4.78, 5) is 0. The Morgan fingerprint density at radius 3 is 2.35 bits per heavy atom. The molecular weight excluding hydrogens is 210 g/mol. The van der Waals surface area contributed by atoms with Crippen LogP contribution in [0.25, 0.3) is 0 Å². The number of aryl methyl sites for hydroxylation is 1. The van der Waals surface area contributed by atoms with Crippen LogP contribution in [0.5, 0.6) is 0 Å². The summed E-state index contributed by atoms with van der Waals surface area (Å²) in [5.41, 5.74) is 8.39. The Kier molecular flexibility index (Phi) is 3.20. The third-order valence-electron chi connectivity index (χ3n) is 3.85. The quantitative estimate of drug-likeness (QED) is 0.355. The minimum absolute atomic E-state index is 0.321. The van der Waals surface area contributed by atoms with Crippen LogP contribution in [-0.2, 0) is 6.42 Å². The molecule has 1 aliphatic rings. The van der Waals surface area contributed by atoms with Crippen molar-refractivity contribution in [1.82, 2.24) is 0 Å². The molecule has 1 aliphatic heterocycles. The molecule has 0 saturated carbocycles. The minimum atomic E-state index is 0.321. The van der Waals surface area contributed by atoms with E-state index in [-0.39, 0.29) is 0 Å². The zero-order valence-corrected chi connectivity index (χ0v) is 10.7. The largest absolute Gasteiger partial charge is 0.338 e. The molecule has 1 heterocycles. The van der Waals surface area contributed by atoms with E-state index >= 15 is 0 Å². The Morgan fingerprint density at radius 2 is 1.94 bits per heavy atom. The molecule has 1 aromatic carbocycles. The van der Waals surface area contributed by atoms with Crippen molar-refractivity contribution >= 4 is 5.96 Å². The van der Waals surface area contributed by atoms with Gasteiger partial charge in [-0.2, -0.15) is 0 Å². The Labute approximate surface area is 103 Å². The van der Waals surface area contributed by atoms with Gasteiger partial charge in [0.1, 0.15) is 13.1 Å². The lowest BCUT2D eigenvalue weighted by molar-refractivity contribution is -0.705. The second-order valence-electron chi connectivity index (χ2n) is 5.16. The van der Waals surface area contributed by atoms with Crippen molar-refractivity contribution in [2.45, 2.75) is 26.2 Å². The maximum Gasteiger partial charge on any atom is 0.292 e. The summed E-state index contributed by atoms with van der Waals surface area (Å²) >= 11 is 0. The molecule has 3 N–H and O–H groups in total. The van der Waals surface area contributed by atoms with E-state index in [0.29, 0.717) is 16.4 Å². The second-order valence-corrected chi connectivity index (χ2v) is 5.16. The minimum Gasteiger partial charge on any atom is -0.338 e. The summed E-state index contributed by atoms with van der Waals surface area (Å²) in [6.45, 7) is 7.42. The Bertz CT molecular complexity index is 404. The molecule has 17 heavy (non-hydrogen) atoms. The first-order valence-electron chi connectivity index (χ1n) is 6.37. The fourth-order valence-electron chi connectivity index (χ4n) is 2.35. The van der Waals surface area contributed by atoms with Gasteiger partial charge in [0.05, 0.1) is 6.54 Å². The van der Waals surface area contributed by atoms with E-state index in [1.54, 1.807) is 0 Å². The number of guanidine groups is 1. The van der Waals surface area contributed by atoms with Crippen molar-refractivity contribution < 1.29 is 4.48 Å². The first kappa shape index (κ1) is 12.1. The van der Waals surface area contributed by atoms with Crippen LogP contribution in [0, 0.1) is 5.41 Å². The van der Waals surface area contributed by atoms with Crippen LogP contribution in [0.15, 0.2) is 24.3 Å². The van der Waals surface area contributed by atoms with E-state index in [1.165, 1.54) is 11.1 Å². The smallest absolute Gasteiger partial charge is 0.292 e. The molecule has 1 aromatic rings. The van der Waals surface area contributed by atoms with Crippen LogP contribution in [0.4, 0.5) is 0 Å². The van der Waals surface area contributed by atoms with Crippen LogP contribution in [0.2, 0.25) is 0 Å². The molecule has 3 nitrogen and oxygen atoms in total. The summed E-state index contributed by atoms with van der Waals surface area (Å²) < 4.78 is 0.691. The molecule has 92 valence electrons. The van der Waals surface area contributed by atoms with Gasteiger partial charge in [0.15, 0.2) is 0 Å². The summed E-state index contributed by atoms with van der Waals surface area (Å²) in [5, 5.41) is 7.63. The Balaban J connectivity index is 2.04. The lowest BCUT2D eigenvalue weighted by Crippen LogP contribution is -2.41. The fourth-order valence-corrected chi connectivity index (χ4v) is 2.35. The van der Waals surface area contributed by atoms with Gasteiger partial charge in [0.2, 0.25) is 0 Å². The number of hydrogen-bond donors (Lipinski definition) is 2. The molecule has 1 atom stereocenters. The lowest BCUT2D eigenvalue weighted by atomic mass is 9.99. The molecule has 0 spiro atoms. The highest BCUT2D eigenvalue weighted by atomic mass is 15.5. The maximum atomic E-state index is 7.63. The zero-order valence-electron chi connectivity index (χ0n) is 10.7. The highest BCUT2D eigenvalue weighted by Gasteiger charge is 2.47. The van der Waals surface area contributed by atoms with E-state index in [2.05, 4.69) is 38.1 Å². The highest BCUT2D eigenvalue weighted by molar-refractivity contribution is 5.68. The Hall–Kier alpha value is -1.35. The summed E-state index contributed by atoms with van der Waals surface area (Å²) in [6.07, 6.45) is 1.09. The SMILES string of the molecule is CCc1ccc(C(C)C[N+]2(C(=N)N)CC2)cc1.